The molecule has 0 atom stereocenters. The van der Waals surface area contributed by atoms with Crippen molar-refractivity contribution in [3.63, 3.8) is 0 Å². The molecule has 78 valence electrons. The van der Waals surface area contributed by atoms with Crippen LogP contribution in [0.15, 0.2) is 41.7 Å². The van der Waals surface area contributed by atoms with Crippen LogP contribution in [0.5, 0.6) is 0 Å². The molecule has 0 aromatic carbocycles. The molecule has 15 heavy (non-hydrogen) atoms. The zero-order valence-corrected chi connectivity index (χ0v) is 9.76. The average Bonchev–Trinajstić information content (AvgIpc) is 2.30. The highest BCUT2D eigenvalue weighted by Gasteiger charge is 2.01. The second kappa shape index (κ2) is 5.68. The van der Waals surface area contributed by atoms with Crippen LogP contribution in [0.3, 0.4) is 0 Å². The van der Waals surface area contributed by atoms with Gasteiger partial charge in [-0.3, -0.25) is 4.98 Å². The van der Waals surface area contributed by atoms with Crippen LogP contribution in [0, 0.1) is 0 Å². The van der Waals surface area contributed by atoms with Crippen LogP contribution in [0.4, 0.5) is 0 Å². The minimum absolute atomic E-state index is 0. The van der Waals surface area contributed by atoms with Crippen molar-refractivity contribution in [1.29, 1.82) is 0 Å². The maximum atomic E-state index is 4.35. The van der Waals surface area contributed by atoms with Gasteiger partial charge in [0.25, 0.3) is 0 Å². The number of rotatable bonds is 2. The van der Waals surface area contributed by atoms with Gasteiger partial charge >= 0.3 is 0 Å². The van der Waals surface area contributed by atoms with Crippen LogP contribution in [0.25, 0.3) is 11.5 Å². The largest absolute Gasteiger partial charge is 0.253 e. The fourth-order valence-electron chi connectivity index (χ4n) is 1.07. The molecule has 3 nitrogen and oxygen atoms in total. The van der Waals surface area contributed by atoms with Gasteiger partial charge in [-0.2, -0.15) is 0 Å². The van der Waals surface area contributed by atoms with Gasteiger partial charge in [-0.1, -0.05) is 6.07 Å². The lowest BCUT2D eigenvalue weighted by Crippen LogP contribution is -1.91. The van der Waals surface area contributed by atoms with Gasteiger partial charge in [-0.05, 0) is 24.5 Å². The van der Waals surface area contributed by atoms with E-state index in [0.717, 1.165) is 10.7 Å². The van der Waals surface area contributed by atoms with Crippen LogP contribution >= 0.6 is 24.2 Å². The lowest BCUT2D eigenvalue weighted by atomic mass is 10.3. The molecular formula is C10H10ClN3S. The Morgan fingerprint density at radius 1 is 1.07 bits per heavy atom. The van der Waals surface area contributed by atoms with E-state index in [1.165, 1.54) is 0 Å². The van der Waals surface area contributed by atoms with Gasteiger partial charge in [0.1, 0.15) is 5.69 Å². The summed E-state index contributed by atoms with van der Waals surface area (Å²) < 4.78 is 0. The number of aromatic nitrogens is 3. The van der Waals surface area contributed by atoms with Gasteiger partial charge in [-0.15, -0.1) is 24.2 Å². The normalized spacial score (nSPS) is 9.40. The quantitative estimate of drug-likeness (QED) is 0.597. The van der Waals surface area contributed by atoms with E-state index in [9.17, 15) is 0 Å². The van der Waals surface area contributed by atoms with E-state index in [1.807, 2.05) is 30.5 Å². The highest BCUT2D eigenvalue weighted by molar-refractivity contribution is 7.98. The van der Waals surface area contributed by atoms with Gasteiger partial charge < -0.3 is 0 Å². The SMILES string of the molecule is CSc1ccnc(-c2ccccn2)n1.Cl. The highest BCUT2D eigenvalue weighted by Crippen LogP contribution is 2.15. The third-order valence-electron chi connectivity index (χ3n) is 1.73. The standard InChI is InChI=1S/C10H9N3S.ClH/c1-14-9-5-7-12-10(13-9)8-4-2-3-6-11-8;/h2-7H,1H3;1H. The summed E-state index contributed by atoms with van der Waals surface area (Å²) in [5.41, 5.74) is 0.809. The summed E-state index contributed by atoms with van der Waals surface area (Å²) in [6.45, 7) is 0. The molecule has 2 rings (SSSR count). The second-order valence-electron chi connectivity index (χ2n) is 2.64. The van der Waals surface area contributed by atoms with Crippen molar-refractivity contribution in [2.75, 3.05) is 6.26 Å². The molecule has 2 aromatic rings. The van der Waals surface area contributed by atoms with Gasteiger partial charge in [0.05, 0.1) is 5.03 Å². The smallest absolute Gasteiger partial charge is 0.179 e. The number of thioether (sulfide) groups is 1. The molecule has 0 aliphatic carbocycles. The van der Waals surface area contributed by atoms with E-state index < -0.39 is 0 Å². The number of nitrogens with zero attached hydrogens (tertiary/aromatic N) is 3. The van der Waals surface area contributed by atoms with E-state index >= 15 is 0 Å². The number of halogens is 1. The minimum Gasteiger partial charge on any atom is -0.253 e. The average molecular weight is 240 g/mol. The summed E-state index contributed by atoms with van der Waals surface area (Å²) in [5.74, 6) is 0.678. The van der Waals surface area contributed by atoms with Crippen molar-refractivity contribution in [2.24, 2.45) is 0 Å². The predicted octanol–water partition coefficient (Wildman–Crippen LogP) is 2.68. The molecule has 0 amide bonds. The first-order valence-corrected chi connectivity index (χ1v) is 5.41. The molecule has 0 spiro atoms. The molecule has 2 aromatic heterocycles. The monoisotopic (exact) mass is 239 g/mol. The van der Waals surface area contributed by atoms with Gasteiger partial charge in [0, 0.05) is 12.4 Å². The summed E-state index contributed by atoms with van der Waals surface area (Å²) in [6.07, 6.45) is 5.48. The summed E-state index contributed by atoms with van der Waals surface area (Å²) in [7, 11) is 0. The van der Waals surface area contributed by atoms with Crippen molar-refractivity contribution < 1.29 is 0 Å². The second-order valence-corrected chi connectivity index (χ2v) is 3.46. The Kier molecular flexibility index (Phi) is 4.52. The Morgan fingerprint density at radius 2 is 1.93 bits per heavy atom. The van der Waals surface area contributed by atoms with Crippen LogP contribution in [-0.2, 0) is 0 Å². The third-order valence-corrected chi connectivity index (χ3v) is 2.38. The fraction of sp³-hybridized carbons (Fsp3) is 0.100. The molecular weight excluding hydrogens is 230 g/mol. The number of pyridine rings is 1. The molecule has 0 unspecified atom stereocenters. The Balaban J connectivity index is 0.00000112. The number of hydrogen-bond acceptors (Lipinski definition) is 4. The molecule has 0 aliphatic rings. The van der Waals surface area contributed by atoms with Crippen LogP contribution in [0.2, 0.25) is 0 Å². The Bertz CT molecular complexity index is 422. The summed E-state index contributed by atoms with van der Waals surface area (Å²) in [6, 6.07) is 7.59. The van der Waals surface area contributed by atoms with E-state index in [2.05, 4.69) is 15.0 Å². The fourth-order valence-corrected chi connectivity index (χ4v) is 1.45. The van der Waals surface area contributed by atoms with Crippen molar-refractivity contribution in [1.82, 2.24) is 15.0 Å². The van der Waals surface area contributed by atoms with Gasteiger partial charge in [-0.25, -0.2) is 9.97 Å². The molecule has 0 N–H and O–H groups in total. The first kappa shape index (κ1) is 11.9. The molecule has 0 saturated heterocycles. The Hall–Kier alpha value is -1.13. The topological polar surface area (TPSA) is 38.7 Å². The lowest BCUT2D eigenvalue weighted by molar-refractivity contribution is 1.04. The molecule has 0 bridgehead atoms. The van der Waals surface area contributed by atoms with Gasteiger partial charge in [0.15, 0.2) is 5.82 Å². The third kappa shape index (κ3) is 2.91. The molecule has 0 saturated carbocycles. The van der Waals surface area contributed by atoms with E-state index in [-0.39, 0.29) is 12.4 Å². The predicted molar refractivity (Wildman–Crippen MR) is 64.3 cm³/mol. The molecule has 0 radical (unpaired) electrons. The Labute approximate surface area is 98.8 Å². The zero-order valence-electron chi connectivity index (χ0n) is 8.12. The maximum Gasteiger partial charge on any atom is 0.179 e. The van der Waals surface area contributed by atoms with E-state index in [0.29, 0.717) is 5.82 Å². The van der Waals surface area contributed by atoms with Crippen molar-refractivity contribution in [3.8, 4) is 11.5 Å². The summed E-state index contributed by atoms with van der Waals surface area (Å²) >= 11 is 1.60. The molecule has 5 heteroatoms. The number of hydrogen-bond donors (Lipinski definition) is 0. The molecule has 0 fully saturated rings. The zero-order chi connectivity index (χ0) is 9.80. The first-order chi connectivity index (χ1) is 6.90. The van der Waals surface area contributed by atoms with Crippen molar-refractivity contribution in [3.05, 3.63) is 36.7 Å². The first-order valence-electron chi connectivity index (χ1n) is 4.18. The summed E-state index contributed by atoms with van der Waals surface area (Å²) in [4.78, 5) is 12.7. The highest BCUT2D eigenvalue weighted by atomic mass is 35.5. The van der Waals surface area contributed by atoms with Crippen LogP contribution in [0.1, 0.15) is 0 Å². The van der Waals surface area contributed by atoms with Crippen LogP contribution < -0.4 is 0 Å². The lowest BCUT2D eigenvalue weighted by Gasteiger charge is -1.99. The maximum absolute atomic E-state index is 4.35. The molecule has 0 aliphatic heterocycles. The molecule has 2 heterocycles. The van der Waals surface area contributed by atoms with E-state index in [4.69, 9.17) is 0 Å². The van der Waals surface area contributed by atoms with Crippen molar-refractivity contribution in [2.45, 2.75) is 5.03 Å². The van der Waals surface area contributed by atoms with Gasteiger partial charge in [0.2, 0.25) is 0 Å². The minimum atomic E-state index is 0. The summed E-state index contributed by atoms with van der Waals surface area (Å²) in [5, 5.41) is 0.959. The Morgan fingerprint density at radius 3 is 2.60 bits per heavy atom. The van der Waals surface area contributed by atoms with Crippen LogP contribution in [-0.4, -0.2) is 21.2 Å². The van der Waals surface area contributed by atoms with E-state index in [1.54, 1.807) is 24.2 Å². The van der Waals surface area contributed by atoms with Crippen molar-refractivity contribution >= 4 is 24.2 Å².